The molecule has 104 valence electrons. The topological polar surface area (TPSA) is 68.3 Å². The Morgan fingerprint density at radius 2 is 2.05 bits per heavy atom. The quantitative estimate of drug-likeness (QED) is 0.640. The number of fused-ring (bicyclic) bond motifs is 3. The smallest absolute Gasteiger partial charge is 0.370 e. The Kier molecular flexibility index (Phi) is 2.38. The number of hydrogen-bond acceptors (Lipinski definition) is 5. The average Bonchev–Trinajstić information content (AvgIpc) is 2.81. The first-order valence-electron chi connectivity index (χ1n) is 6.58. The largest absolute Gasteiger partial charge is 0.618 e. The zero-order valence-corrected chi connectivity index (χ0v) is 11.1. The van der Waals surface area contributed by atoms with Crippen LogP contribution in [0.4, 0.5) is 17.1 Å². The molecule has 1 unspecified atom stereocenters. The number of hydroxylamine groups is 2. The predicted molar refractivity (Wildman–Crippen MR) is 79.9 cm³/mol. The Bertz CT molecular complexity index is 759. The van der Waals surface area contributed by atoms with Gasteiger partial charge >= 0.3 is 5.91 Å². The number of rotatable bonds is 1. The number of aromatic nitrogens is 1. The van der Waals surface area contributed by atoms with E-state index in [9.17, 15) is 10.0 Å². The molecular formula is C15H12N4O2. The number of nitrogens with zero attached hydrogens (tertiary/aromatic N) is 3. The molecule has 6 nitrogen and oxygen atoms in total. The van der Waals surface area contributed by atoms with Gasteiger partial charge in [0.15, 0.2) is 12.4 Å². The van der Waals surface area contributed by atoms with Crippen LogP contribution in [0.5, 0.6) is 0 Å². The maximum atomic E-state index is 13.1. The molecule has 0 radical (unpaired) electrons. The van der Waals surface area contributed by atoms with E-state index in [1.807, 2.05) is 12.1 Å². The fourth-order valence-corrected chi connectivity index (χ4v) is 2.72. The first-order chi connectivity index (χ1) is 10.2. The van der Waals surface area contributed by atoms with Gasteiger partial charge in [0.25, 0.3) is 0 Å². The van der Waals surface area contributed by atoms with Crippen molar-refractivity contribution in [1.82, 2.24) is 9.63 Å². The summed E-state index contributed by atoms with van der Waals surface area (Å²) in [6.07, 6.45) is 4.91. The lowest BCUT2D eigenvalue weighted by atomic mass is 10.2. The Morgan fingerprint density at radius 1 is 1.24 bits per heavy atom. The van der Waals surface area contributed by atoms with Gasteiger partial charge in [-0.1, -0.05) is 18.2 Å². The summed E-state index contributed by atoms with van der Waals surface area (Å²) < 4.78 is -1.01. The maximum absolute atomic E-state index is 13.1. The molecule has 0 bridgehead atoms. The third-order valence-electron chi connectivity index (χ3n) is 3.81. The molecule has 0 spiro atoms. The van der Waals surface area contributed by atoms with Crippen molar-refractivity contribution in [3.05, 3.63) is 65.9 Å². The number of anilines is 2. The number of amides is 1. The van der Waals surface area contributed by atoms with E-state index < -0.39 is 10.6 Å². The number of pyridine rings is 1. The minimum atomic E-state index is -1.01. The van der Waals surface area contributed by atoms with Crippen molar-refractivity contribution in [1.29, 1.82) is 0 Å². The lowest BCUT2D eigenvalue weighted by Gasteiger charge is -2.34. The van der Waals surface area contributed by atoms with Crippen LogP contribution in [-0.2, 0) is 4.79 Å². The molecule has 0 saturated carbocycles. The van der Waals surface area contributed by atoms with Crippen LogP contribution in [0, 0.1) is 5.21 Å². The highest BCUT2D eigenvalue weighted by molar-refractivity contribution is 6.09. The Labute approximate surface area is 121 Å². The SMILES string of the molecule is O=C1C2=CNc3ccncc3N2C[N+]1([O-])c1ccccc1. The monoisotopic (exact) mass is 280 g/mol. The standard InChI is InChI=1S/C15H12N4O2/c20-15-14-9-17-12-6-7-16-8-13(12)18(14)10-19(15,21)11-4-2-1-3-5-11/h1-9,17H,10H2. The summed E-state index contributed by atoms with van der Waals surface area (Å²) in [5.74, 6) is -0.469. The van der Waals surface area contributed by atoms with E-state index in [-0.39, 0.29) is 6.67 Å². The van der Waals surface area contributed by atoms with Crippen molar-refractivity contribution in [2.45, 2.75) is 0 Å². The molecule has 6 heteroatoms. The lowest BCUT2D eigenvalue weighted by molar-refractivity contribution is -0.122. The highest BCUT2D eigenvalue weighted by Gasteiger charge is 2.47. The second kappa shape index (κ2) is 4.15. The molecule has 2 aliphatic rings. The van der Waals surface area contributed by atoms with Gasteiger partial charge in [0.2, 0.25) is 0 Å². The van der Waals surface area contributed by atoms with Gasteiger partial charge in [-0.2, -0.15) is 0 Å². The summed E-state index contributed by atoms with van der Waals surface area (Å²) in [5.41, 5.74) is 2.38. The van der Waals surface area contributed by atoms with Gasteiger partial charge in [-0.3, -0.25) is 9.88 Å². The first kappa shape index (κ1) is 12.1. The fourth-order valence-electron chi connectivity index (χ4n) is 2.72. The van der Waals surface area contributed by atoms with E-state index in [4.69, 9.17) is 0 Å². The van der Waals surface area contributed by atoms with Crippen LogP contribution in [0.2, 0.25) is 0 Å². The van der Waals surface area contributed by atoms with Gasteiger partial charge in [0.1, 0.15) is 5.69 Å². The number of nitrogens with one attached hydrogen (secondary N) is 1. The van der Waals surface area contributed by atoms with Crippen molar-refractivity contribution in [3.63, 3.8) is 0 Å². The van der Waals surface area contributed by atoms with E-state index >= 15 is 0 Å². The molecule has 2 aromatic rings. The van der Waals surface area contributed by atoms with E-state index in [2.05, 4.69) is 10.3 Å². The van der Waals surface area contributed by atoms with Gasteiger partial charge in [-0.05, 0) is 6.07 Å². The summed E-state index contributed by atoms with van der Waals surface area (Å²) >= 11 is 0. The second-order valence-electron chi connectivity index (χ2n) is 5.02. The van der Waals surface area contributed by atoms with Crippen molar-refractivity contribution in [2.24, 2.45) is 0 Å². The Hall–Kier alpha value is -2.70. The zero-order chi connectivity index (χ0) is 14.4. The van der Waals surface area contributed by atoms with Crippen molar-refractivity contribution < 1.29 is 4.79 Å². The molecule has 0 aliphatic carbocycles. The van der Waals surface area contributed by atoms with Crippen LogP contribution in [0.15, 0.2) is 60.7 Å². The lowest BCUT2D eigenvalue weighted by Crippen LogP contribution is -2.45. The number of carbonyl (C=O) groups excluding carboxylic acids is 1. The van der Waals surface area contributed by atoms with Crippen LogP contribution in [0.1, 0.15) is 0 Å². The summed E-state index contributed by atoms with van der Waals surface area (Å²) in [6.45, 7) is 0.0229. The minimum absolute atomic E-state index is 0.0229. The van der Waals surface area contributed by atoms with Gasteiger partial charge in [0.05, 0.1) is 17.6 Å². The molecule has 4 rings (SSSR count). The number of carbonyl (C=O) groups is 1. The molecule has 1 amide bonds. The summed E-state index contributed by atoms with van der Waals surface area (Å²) in [4.78, 5) is 18.4. The second-order valence-corrected chi connectivity index (χ2v) is 5.02. The summed E-state index contributed by atoms with van der Waals surface area (Å²) in [6, 6.07) is 10.5. The number of benzene rings is 1. The molecule has 2 aliphatic heterocycles. The van der Waals surface area contributed by atoms with Crippen molar-refractivity contribution in [3.8, 4) is 0 Å². The molecule has 1 fully saturated rings. The summed E-state index contributed by atoms with van der Waals surface area (Å²) in [7, 11) is 0. The van der Waals surface area contributed by atoms with Gasteiger partial charge in [0, 0.05) is 24.5 Å². The predicted octanol–water partition coefficient (Wildman–Crippen LogP) is 2.16. The highest BCUT2D eigenvalue weighted by atomic mass is 16.6. The normalized spacial score (nSPS) is 23.2. The highest BCUT2D eigenvalue weighted by Crippen LogP contribution is 2.40. The number of para-hydroxylation sites is 1. The molecule has 3 heterocycles. The van der Waals surface area contributed by atoms with Crippen LogP contribution >= 0.6 is 0 Å². The van der Waals surface area contributed by atoms with Crippen LogP contribution in [-0.4, -0.2) is 17.6 Å². The Balaban J connectivity index is 1.83. The van der Waals surface area contributed by atoms with Crippen molar-refractivity contribution in [2.75, 3.05) is 16.9 Å². The molecule has 1 aromatic heterocycles. The zero-order valence-electron chi connectivity index (χ0n) is 11.1. The first-order valence-corrected chi connectivity index (χ1v) is 6.58. The Morgan fingerprint density at radius 3 is 2.86 bits per heavy atom. The van der Waals surface area contributed by atoms with E-state index in [1.54, 1.807) is 47.8 Å². The third-order valence-corrected chi connectivity index (χ3v) is 3.81. The minimum Gasteiger partial charge on any atom is -0.618 e. The van der Waals surface area contributed by atoms with E-state index in [1.165, 1.54) is 0 Å². The number of hydrogen-bond donors (Lipinski definition) is 1. The van der Waals surface area contributed by atoms with Gasteiger partial charge in [-0.25, -0.2) is 9.44 Å². The van der Waals surface area contributed by atoms with Crippen molar-refractivity contribution >= 4 is 23.0 Å². The van der Waals surface area contributed by atoms with Gasteiger partial charge in [-0.15, -0.1) is 0 Å². The average molecular weight is 280 g/mol. The molecule has 1 N–H and O–H groups in total. The van der Waals surface area contributed by atoms with E-state index in [0.29, 0.717) is 11.4 Å². The molecule has 1 saturated heterocycles. The third kappa shape index (κ3) is 1.60. The fraction of sp³-hybridized carbons (Fsp3) is 0.0667. The van der Waals surface area contributed by atoms with Gasteiger partial charge < -0.3 is 10.5 Å². The van der Waals surface area contributed by atoms with E-state index in [0.717, 1.165) is 11.4 Å². The van der Waals surface area contributed by atoms with Crippen LogP contribution in [0.3, 0.4) is 0 Å². The molecular weight excluding hydrogens is 268 g/mol. The molecule has 21 heavy (non-hydrogen) atoms. The van der Waals surface area contributed by atoms with Crippen LogP contribution in [0.25, 0.3) is 0 Å². The molecule has 1 atom stereocenters. The maximum Gasteiger partial charge on any atom is 0.370 e. The molecule has 1 aromatic carbocycles. The van der Waals surface area contributed by atoms with Crippen LogP contribution < -0.4 is 14.9 Å². The number of quaternary nitrogens is 1. The summed E-state index contributed by atoms with van der Waals surface area (Å²) in [5, 5.41) is 16.1.